The molecule has 1 aliphatic rings. The molecule has 2 aromatic carbocycles. The first-order valence-corrected chi connectivity index (χ1v) is 10.2. The zero-order valence-electron chi connectivity index (χ0n) is 17.6. The molecular weight excluding hydrogens is 401 g/mol. The second-order valence-corrected chi connectivity index (χ2v) is 7.84. The second kappa shape index (κ2) is 10.5. The summed E-state index contributed by atoms with van der Waals surface area (Å²) in [7, 11) is 0. The van der Waals surface area contributed by atoms with Crippen LogP contribution in [0.1, 0.15) is 42.9 Å². The summed E-state index contributed by atoms with van der Waals surface area (Å²) in [6.45, 7) is 0. The summed E-state index contributed by atoms with van der Waals surface area (Å²) < 4.78 is 0. The number of carboxylic acid groups (broad SMARTS) is 1. The Hall–Kier alpha value is -2.02. The van der Waals surface area contributed by atoms with E-state index in [0.717, 1.165) is 46.1 Å². The van der Waals surface area contributed by atoms with Crippen LogP contribution >= 0.6 is 0 Å². The molecule has 1 saturated carbocycles. The van der Waals surface area contributed by atoms with Crippen LogP contribution in [0.15, 0.2) is 60.7 Å². The van der Waals surface area contributed by atoms with Gasteiger partial charge in [-0.3, -0.25) is 4.98 Å². The van der Waals surface area contributed by atoms with E-state index in [1.54, 1.807) is 6.08 Å². The smallest absolute Gasteiger partial charge is 0.550 e. The maximum Gasteiger partial charge on any atom is 1.00 e. The van der Waals surface area contributed by atoms with E-state index in [2.05, 4.69) is 18.2 Å². The van der Waals surface area contributed by atoms with Gasteiger partial charge in [-0.1, -0.05) is 60.7 Å². The van der Waals surface area contributed by atoms with Gasteiger partial charge in [-0.2, -0.15) is 0 Å². The van der Waals surface area contributed by atoms with Crippen LogP contribution in [-0.2, 0) is 4.79 Å². The predicted octanol–water partition coefficient (Wildman–Crippen LogP) is 0.0483. The van der Waals surface area contributed by atoms with Crippen LogP contribution in [0.25, 0.3) is 28.1 Å². The van der Waals surface area contributed by atoms with Crippen molar-refractivity contribution in [3.05, 3.63) is 71.9 Å². The third-order valence-corrected chi connectivity index (χ3v) is 5.39. The van der Waals surface area contributed by atoms with Gasteiger partial charge in [0.25, 0.3) is 0 Å². The van der Waals surface area contributed by atoms with Crippen molar-refractivity contribution in [3.8, 4) is 11.1 Å². The number of hydrogen-bond acceptors (Lipinski definition) is 5. The fraction of sp³-hybridized carbons (Fsp3) is 0.280. The number of carbonyl (C=O) groups is 1. The van der Waals surface area contributed by atoms with E-state index >= 15 is 0 Å². The number of para-hydroxylation sites is 1. The van der Waals surface area contributed by atoms with E-state index in [1.165, 1.54) is 0 Å². The van der Waals surface area contributed by atoms with Crippen LogP contribution in [0.4, 0.5) is 0 Å². The standard InChI is InChI=1S/C25H25NO4.Na/c27-18(14-19(28)15-23(29)30)12-13-21-24(16-6-2-1-3-7-16)20-8-4-5-9-22(20)26-25(21)17-10-11-17;/h1-9,12-13,17-19,27-28H,10-11,14-15H2,(H,29,30);/q;+1/p-1/b13-12+;/t18-,19-;/m1./s1. The molecule has 1 aliphatic carbocycles. The average molecular weight is 425 g/mol. The minimum Gasteiger partial charge on any atom is -0.550 e. The van der Waals surface area contributed by atoms with Gasteiger partial charge in [0.15, 0.2) is 0 Å². The molecule has 1 heterocycles. The molecule has 4 rings (SSSR count). The van der Waals surface area contributed by atoms with E-state index in [-0.39, 0.29) is 36.0 Å². The molecule has 6 heteroatoms. The van der Waals surface area contributed by atoms with Gasteiger partial charge in [-0.25, -0.2) is 0 Å². The second-order valence-electron chi connectivity index (χ2n) is 7.84. The van der Waals surface area contributed by atoms with Gasteiger partial charge in [0.2, 0.25) is 0 Å². The molecule has 0 amide bonds. The van der Waals surface area contributed by atoms with Crippen molar-refractivity contribution in [2.75, 3.05) is 0 Å². The van der Waals surface area contributed by atoms with Crippen LogP contribution in [-0.4, -0.2) is 33.4 Å². The number of benzene rings is 2. The summed E-state index contributed by atoms with van der Waals surface area (Å²) in [5, 5.41) is 31.8. The fourth-order valence-electron chi connectivity index (χ4n) is 3.84. The molecule has 0 unspecified atom stereocenters. The number of fused-ring (bicyclic) bond motifs is 1. The molecule has 0 saturated heterocycles. The normalized spacial score (nSPS) is 15.5. The Morgan fingerprint density at radius 1 is 1.10 bits per heavy atom. The molecule has 31 heavy (non-hydrogen) atoms. The molecule has 5 nitrogen and oxygen atoms in total. The molecule has 0 spiro atoms. The molecule has 2 N–H and O–H groups in total. The third-order valence-electron chi connectivity index (χ3n) is 5.39. The minimum atomic E-state index is -1.33. The van der Waals surface area contributed by atoms with E-state index in [4.69, 9.17) is 4.98 Å². The Kier molecular flexibility index (Phi) is 8.03. The van der Waals surface area contributed by atoms with Crippen LogP contribution < -0.4 is 34.7 Å². The summed E-state index contributed by atoms with van der Waals surface area (Å²) in [5.41, 5.74) is 5.08. The van der Waals surface area contributed by atoms with E-state index < -0.39 is 24.6 Å². The average Bonchev–Trinajstić information content (AvgIpc) is 3.56. The maximum atomic E-state index is 10.6. The van der Waals surface area contributed by atoms with Gasteiger partial charge in [-0.15, -0.1) is 0 Å². The first-order chi connectivity index (χ1) is 14.5. The summed E-state index contributed by atoms with van der Waals surface area (Å²) in [6.07, 6.45) is 2.98. The molecule has 2 atom stereocenters. The number of hydrogen-bond donors (Lipinski definition) is 2. The summed E-state index contributed by atoms with van der Waals surface area (Å²) in [4.78, 5) is 15.6. The van der Waals surface area contributed by atoms with E-state index in [9.17, 15) is 20.1 Å². The molecule has 0 radical (unpaired) electrons. The minimum absolute atomic E-state index is 0. The van der Waals surface area contributed by atoms with Crippen molar-refractivity contribution in [1.82, 2.24) is 4.98 Å². The third kappa shape index (κ3) is 5.82. The van der Waals surface area contributed by atoms with Gasteiger partial charge in [0.1, 0.15) is 0 Å². The van der Waals surface area contributed by atoms with Crippen LogP contribution in [0.3, 0.4) is 0 Å². The fourth-order valence-corrected chi connectivity index (χ4v) is 3.84. The summed E-state index contributed by atoms with van der Waals surface area (Å²) in [6, 6.07) is 18.2. The van der Waals surface area contributed by atoms with Crippen molar-refractivity contribution >= 4 is 22.9 Å². The summed E-state index contributed by atoms with van der Waals surface area (Å²) in [5.74, 6) is -0.933. The van der Waals surface area contributed by atoms with Gasteiger partial charge < -0.3 is 20.1 Å². The number of nitrogens with zero attached hydrogens (tertiary/aromatic N) is 1. The van der Waals surface area contributed by atoms with Crippen LogP contribution in [0.2, 0.25) is 0 Å². The molecular formula is C25H24NNaO4. The molecule has 1 aromatic heterocycles. The van der Waals surface area contributed by atoms with E-state index in [0.29, 0.717) is 5.92 Å². The van der Waals surface area contributed by atoms with Gasteiger partial charge in [0.05, 0.1) is 23.4 Å². The molecule has 0 aliphatic heterocycles. The molecule has 3 aromatic rings. The Bertz CT molecular complexity index is 1080. The number of aliphatic hydroxyl groups is 2. The molecule has 1 fully saturated rings. The van der Waals surface area contributed by atoms with Crippen molar-refractivity contribution in [2.24, 2.45) is 0 Å². The topological polar surface area (TPSA) is 93.5 Å². The zero-order valence-corrected chi connectivity index (χ0v) is 19.6. The van der Waals surface area contributed by atoms with Crippen LogP contribution in [0, 0.1) is 0 Å². The molecule has 154 valence electrons. The maximum absolute atomic E-state index is 10.6. The van der Waals surface area contributed by atoms with Gasteiger partial charge in [-0.05, 0) is 24.5 Å². The first-order valence-electron chi connectivity index (χ1n) is 10.2. The Balaban J connectivity index is 0.00000272. The largest absolute Gasteiger partial charge is 1.00 e. The quantitative estimate of drug-likeness (QED) is 0.498. The summed E-state index contributed by atoms with van der Waals surface area (Å²) >= 11 is 0. The Labute approximate surface area is 203 Å². The number of rotatable bonds is 8. The predicted molar refractivity (Wildman–Crippen MR) is 114 cm³/mol. The van der Waals surface area contributed by atoms with E-state index in [1.807, 2.05) is 42.5 Å². The number of aliphatic carboxylic acids is 1. The van der Waals surface area contributed by atoms with Crippen molar-refractivity contribution in [3.63, 3.8) is 0 Å². The molecule has 0 bridgehead atoms. The number of carboxylic acids is 1. The SMILES string of the molecule is O=C([O-])C[C@H](O)C[C@H](O)/C=C/c1c(C2CC2)nc2ccccc2c1-c1ccccc1.[Na+]. The van der Waals surface area contributed by atoms with Gasteiger partial charge in [0, 0.05) is 41.2 Å². The monoisotopic (exact) mass is 425 g/mol. The number of aromatic nitrogens is 1. The number of aliphatic hydroxyl groups excluding tert-OH is 2. The Morgan fingerprint density at radius 2 is 1.77 bits per heavy atom. The zero-order chi connectivity index (χ0) is 21.1. The van der Waals surface area contributed by atoms with Crippen molar-refractivity contribution < 1.29 is 49.7 Å². The number of carbonyl (C=O) groups excluding carboxylic acids is 1. The van der Waals surface area contributed by atoms with Crippen molar-refractivity contribution in [1.29, 1.82) is 0 Å². The number of pyridine rings is 1. The first kappa shape index (κ1) is 23.6. The van der Waals surface area contributed by atoms with Gasteiger partial charge >= 0.3 is 29.6 Å². The Morgan fingerprint density at radius 3 is 2.45 bits per heavy atom. The van der Waals surface area contributed by atoms with Crippen molar-refractivity contribution in [2.45, 2.75) is 43.8 Å². The van der Waals surface area contributed by atoms with Crippen LogP contribution in [0.5, 0.6) is 0 Å².